The molecular weight excluding hydrogens is 367 g/mol. The van der Waals surface area contributed by atoms with Gasteiger partial charge in [-0.3, -0.25) is 0 Å². The molecule has 0 saturated heterocycles. The van der Waals surface area contributed by atoms with Crippen LogP contribution in [0.2, 0.25) is 0 Å². The number of rotatable bonds is 5. The van der Waals surface area contributed by atoms with Crippen LogP contribution in [-0.2, 0) is 16.1 Å². The molecule has 112 valence electrons. The summed E-state index contributed by atoms with van der Waals surface area (Å²) < 4.78 is 20.6. The van der Waals surface area contributed by atoms with Crippen molar-refractivity contribution in [3.63, 3.8) is 0 Å². The van der Waals surface area contributed by atoms with Crippen molar-refractivity contribution in [2.24, 2.45) is 0 Å². The average Bonchev–Trinajstić information content (AvgIpc) is 2.43. The van der Waals surface area contributed by atoms with Crippen molar-refractivity contribution in [3.05, 3.63) is 38.7 Å². The highest BCUT2D eigenvalue weighted by Crippen LogP contribution is 2.31. The molecule has 0 atom stereocenters. The molecule has 1 heterocycles. The first kappa shape index (κ1) is 15.8. The molecule has 8 heteroatoms. The van der Waals surface area contributed by atoms with Gasteiger partial charge in [-0.1, -0.05) is 0 Å². The maximum Gasteiger partial charge on any atom is 0.404 e. The molecule has 0 fully saturated rings. The first-order valence-electron chi connectivity index (χ1n) is 5.71. The second-order valence-corrected chi connectivity index (χ2v) is 5.11. The Bertz CT molecular complexity index is 726. The molecule has 0 unspecified atom stereocenters. The summed E-state index contributed by atoms with van der Waals surface area (Å²) in [5.74, 6) is 0.457. The molecule has 0 aliphatic carbocycles. The summed E-state index contributed by atoms with van der Waals surface area (Å²) in [5, 5.41) is 0.601. The summed E-state index contributed by atoms with van der Waals surface area (Å²) in [6.07, 6.45) is 0. The summed E-state index contributed by atoms with van der Waals surface area (Å²) >= 11 is 8.47. The topological polar surface area (TPSA) is 75.0 Å². The van der Waals surface area contributed by atoms with Gasteiger partial charge in [-0.15, -0.1) is 0 Å². The summed E-state index contributed by atoms with van der Waals surface area (Å²) in [7, 11) is 1.49. The zero-order chi connectivity index (χ0) is 15.4. The molecule has 0 saturated carbocycles. The van der Waals surface area contributed by atoms with Crippen LogP contribution in [0.1, 0.15) is 5.56 Å². The Labute approximate surface area is 132 Å². The molecule has 1 aromatic heterocycles. The van der Waals surface area contributed by atoms with E-state index in [1.165, 1.54) is 13.2 Å². The van der Waals surface area contributed by atoms with Gasteiger partial charge in [-0.05, 0) is 22.0 Å². The number of carbonyl (C=O) groups excluding carboxylic acids is 1. The minimum atomic E-state index is -0.949. The fourth-order valence-electron chi connectivity index (χ4n) is 1.71. The quantitative estimate of drug-likeness (QED) is 0.451. The standard InChI is InChI=1S/C13H10BrClO6/c1-18-6-20-11-4-10-8(3-9(11)14)7(2-12(16)21-10)5-19-13(15)17/h2-4H,5-6H2,1H3. The summed E-state index contributed by atoms with van der Waals surface area (Å²) in [4.78, 5) is 22.2. The van der Waals surface area contributed by atoms with E-state index in [0.717, 1.165) is 0 Å². The number of hydrogen-bond acceptors (Lipinski definition) is 6. The lowest BCUT2D eigenvalue weighted by Gasteiger charge is -2.10. The van der Waals surface area contributed by atoms with Gasteiger partial charge < -0.3 is 18.6 Å². The molecule has 0 N–H and O–H groups in total. The van der Waals surface area contributed by atoms with Crippen LogP contribution in [0.15, 0.2) is 31.9 Å². The Kier molecular flexibility index (Phi) is 5.22. The number of benzene rings is 1. The van der Waals surface area contributed by atoms with E-state index in [0.29, 0.717) is 26.8 Å². The van der Waals surface area contributed by atoms with Crippen molar-refractivity contribution >= 4 is 43.9 Å². The molecule has 6 nitrogen and oxygen atoms in total. The van der Waals surface area contributed by atoms with E-state index >= 15 is 0 Å². The van der Waals surface area contributed by atoms with Crippen molar-refractivity contribution in [2.45, 2.75) is 6.61 Å². The number of methoxy groups -OCH3 is 1. The molecule has 2 rings (SSSR count). The van der Waals surface area contributed by atoms with Gasteiger partial charge in [-0.25, -0.2) is 9.59 Å². The third-order valence-corrected chi connectivity index (χ3v) is 3.28. The summed E-state index contributed by atoms with van der Waals surface area (Å²) in [5.41, 5.74) is -0.731. The van der Waals surface area contributed by atoms with Gasteiger partial charge >= 0.3 is 11.1 Å². The molecule has 0 bridgehead atoms. The van der Waals surface area contributed by atoms with E-state index in [1.54, 1.807) is 12.1 Å². The number of carbonyl (C=O) groups is 1. The molecule has 21 heavy (non-hydrogen) atoms. The average molecular weight is 378 g/mol. The molecule has 1 aromatic carbocycles. The van der Waals surface area contributed by atoms with Crippen LogP contribution in [0.5, 0.6) is 5.75 Å². The number of ether oxygens (including phenoxy) is 3. The van der Waals surface area contributed by atoms with Crippen molar-refractivity contribution in [1.82, 2.24) is 0 Å². The van der Waals surface area contributed by atoms with Crippen LogP contribution in [0, 0.1) is 0 Å². The zero-order valence-electron chi connectivity index (χ0n) is 10.9. The van der Waals surface area contributed by atoms with E-state index in [1.807, 2.05) is 0 Å². The second-order valence-electron chi connectivity index (χ2n) is 3.95. The van der Waals surface area contributed by atoms with Crippen molar-refractivity contribution in [2.75, 3.05) is 13.9 Å². The van der Waals surface area contributed by atoms with E-state index < -0.39 is 11.1 Å². The van der Waals surface area contributed by atoms with E-state index in [9.17, 15) is 9.59 Å². The number of halogens is 2. The fraction of sp³-hybridized carbons (Fsp3) is 0.231. The molecule has 0 aliphatic heterocycles. The first-order valence-corrected chi connectivity index (χ1v) is 6.88. The molecule has 0 aliphatic rings. The normalized spacial score (nSPS) is 10.6. The van der Waals surface area contributed by atoms with Gasteiger partial charge in [0.15, 0.2) is 6.79 Å². The van der Waals surface area contributed by atoms with E-state index in [-0.39, 0.29) is 13.4 Å². The predicted molar refractivity (Wildman–Crippen MR) is 78.7 cm³/mol. The Morgan fingerprint density at radius 2 is 2.14 bits per heavy atom. The molecule has 2 aromatic rings. The third-order valence-electron chi connectivity index (χ3n) is 2.56. The lowest BCUT2D eigenvalue weighted by molar-refractivity contribution is 0.0506. The Balaban J connectivity index is 2.48. The maximum atomic E-state index is 11.5. The van der Waals surface area contributed by atoms with Gasteiger partial charge in [0.25, 0.3) is 0 Å². The van der Waals surface area contributed by atoms with Crippen molar-refractivity contribution in [1.29, 1.82) is 0 Å². The van der Waals surface area contributed by atoms with E-state index in [4.69, 9.17) is 30.2 Å². The number of hydrogen-bond donors (Lipinski definition) is 0. The molecule has 0 amide bonds. The largest absolute Gasteiger partial charge is 0.466 e. The lowest BCUT2D eigenvalue weighted by Crippen LogP contribution is -2.04. The van der Waals surface area contributed by atoms with Crippen LogP contribution < -0.4 is 10.4 Å². The van der Waals surface area contributed by atoms with Gasteiger partial charge in [0.05, 0.1) is 4.47 Å². The van der Waals surface area contributed by atoms with Crippen LogP contribution in [0.25, 0.3) is 11.0 Å². The fourth-order valence-corrected chi connectivity index (χ4v) is 2.23. The predicted octanol–water partition coefficient (Wildman–Crippen LogP) is 3.41. The van der Waals surface area contributed by atoms with Gasteiger partial charge in [0.1, 0.15) is 17.9 Å². The number of fused-ring (bicyclic) bond motifs is 1. The second kappa shape index (κ2) is 6.93. The van der Waals surface area contributed by atoms with Crippen LogP contribution in [0.3, 0.4) is 0 Å². The minimum absolute atomic E-state index is 0.0535. The Hall–Kier alpha value is -1.57. The van der Waals surface area contributed by atoms with Gasteiger partial charge in [0.2, 0.25) is 0 Å². The van der Waals surface area contributed by atoms with Crippen LogP contribution in [0.4, 0.5) is 4.79 Å². The maximum absolute atomic E-state index is 11.5. The highest BCUT2D eigenvalue weighted by atomic mass is 79.9. The molecular formula is C13H10BrClO6. The first-order chi connectivity index (χ1) is 10.0. The smallest absolute Gasteiger partial charge is 0.404 e. The third kappa shape index (κ3) is 3.96. The van der Waals surface area contributed by atoms with Gasteiger partial charge in [0, 0.05) is 41.8 Å². The SMILES string of the molecule is COCOc1cc2oc(=O)cc(COC(=O)Cl)c2cc1Br. The monoisotopic (exact) mass is 376 g/mol. The zero-order valence-corrected chi connectivity index (χ0v) is 13.2. The van der Waals surface area contributed by atoms with Gasteiger partial charge in [-0.2, -0.15) is 0 Å². The summed E-state index contributed by atoms with van der Waals surface area (Å²) in [6.45, 7) is -0.0764. The molecule has 0 radical (unpaired) electrons. The van der Waals surface area contributed by atoms with E-state index in [2.05, 4.69) is 15.9 Å². The van der Waals surface area contributed by atoms with Crippen molar-refractivity contribution < 1.29 is 23.4 Å². The highest BCUT2D eigenvalue weighted by molar-refractivity contribution is 9.10. The van der Waals surface area contributed by atoms with Crippen molar-refractivity contribution in [3.8, 4) is 5.75 Å². The molecule has 0 spiro atoms. The highest BCUT2D eigenvalue weighted by Gasteiger charge is 2.12. The lowest BCUT2D eigenvalue weighted by atomic mass is 10.1. The minimum Gasteiger partial charge on any atom is -0.466 e. The van der Waals surface area contributed by atoms with Crippen LogP contribution >= 0.6 is 27.5 Å². The Morgan fingerprint density at radius 1 is 1.38 bits per heavy atom. The summed E-state index contributed by atoms with van der Waals surface area (Å²) in [6, 6.07) is 4.48. The van der Waals surface area contributed by atoms with Crippen LogP contribution in [-0.4, -0.2) is 19.3 Å². The Morgan fingerprint density at radius 3 is 2.81 bits per heavy atom.